The van der Waals surface area contributed by atoms with Gasteiger partial charge in [-0.05, 0) is 27.2 Å². The Hall–Kier alpha value is -0.940. The zero-order valence-electron chi connectivity index (χ0n) is 11.5. The molecule has 0 bridgehead atoms. The highest BCUT2D eigenvalue weighted by Gasteiger charge is 2.15. The van der Waals surface area contributed by atoms with Crippen LogP contribution in [0, 0.1) is 0 Å². The van der Waals surface area contributed by atoms with E-state index in [0.29, 0.717) is 6.04 Å². The Morgan fingerprint density at radius 1 is 1.47 bits per heavy atom. The number of methoxy groups -OCH3 is 1. The van der Waals surface area contributed by atoms with Gasteiger partial charge in [-0.2, -0.15) is 0 Å². The third kappa shape index (κ3) is 4.44. The van der Waals surface area contributed by atoms with E-state index in [9.17, 15) is 0 Å². The van der Waals surface area contributed by atoms with Crippen molar-refractivity contribution in [3.05, 3.63) is 11.9 Å². The van der Waals surface area contributed by atoms with Gasteiger partial charge in [-0.3, -0.25) is 0 Å². The molecule has 1 unspecified atom stereocenters. The molecule has 0 saturated heterocycles. The predicted octanol–water partition coefficient (Wildman–Crippen LogP) is 1.55. The van der Waals surface area contributed by atoms with Crippen LogP contribution in [0.2, 0.25) is 0 Å². The molecule has 1 atom stereocenters. The molecule has 0 spiro atoms. The smallest absolute Gasteiger partial charge is 0.0965 e. The highest BCUT2D eigenvalue weighted by Crippen LogP contribution is 2.11. The van der Waals surface area contributed by atoms with Crippen LogP contribution in [0.5, 0.6) is 0 Å². The molecule has 0 fully saturated rings. The first-order chi connectivity index (χ1) is 7.97. The van der Waals surface area contributed by atoms with E-state index in [4.69, 9.17) is 4.74 Å². The standard InChI is InChI=1S/C12H24N4O/c1-6-10(9-17-5)13-7-11-8-16(15-14-11)12(2,3)4/h8,10,13H,6-7,9H2,1-5H3. The van der Waals surface area contributed by atoms with Gasteiger partial charge in [0.15, 0.2) is 0 Å². The second kappa shape index (κ2) is 6.12. The number of nitrogens with zero attached hydrogens (tertiary/aromatic N) is 3. The minimum atomic E-state index is -0.0120. The molecule has 1 heterocycles. The lowest BCUT2D eigenvalue weighted by Gasteiger charge is -2.17. The first-order valence-corrected chi connectivity index (χ1v) is 6.11. The van der Waals surface area contributed by atoms with E-state index in [2.05, 4.69) is 43.3 Å². The van der Waals surface area contributed by atoms with Crippen molar-refractivity contribution in [1.82, 2.24) is 20.3 Å². The lowest BCUT2D eigenvalue weighted by molar-refractivity contribution is 0.163. The Balaban J connectivity index is 2.49. The molecule has 0 aliphatic carbocycles. The Morgan fingerprint density at radius 2 is 2.18 bits per heavy atom. The fourth-order valence-electron chi connectivity index (χ4n) is 1.48. The van der Waals surface area contributed by atoms with E-state index in [0.717, 1.165) is 25.3 Å². The van der Waals surface area contributed by atoms with Gasteiger partial charge in [0.2, 0.25) is 0 Å². The lowest BCUT2D eigenvalue weighted by atomic mass is 10.1. The molecular formula is C12H24N4O. The molecule has 98 valence electrons. The molecule has 0 aromatic carbocycles. The van der Waals surface area contributed by atoms with Crippen molar-refractivity contribution >= 4 is 0 Å². The van der Waals surface area contributed by atoms with Crippen LogP contribution < -0.4 is 5.32 Å². The van der Waals surface area contributed by atoms with E-state index in [1.54, 1.807) is 7.11 Å². The van der Waals surface area contributed by atoms with Gasteiger partial charge in [-0.25, -0.2) is 4.68 Å². The van der Waals surface area contributed by atoms with Crippen LogP contribution >= 0.6 is 0 Å². The maximum atomic E-state index is 5.14. The molecule has 0 amide bonds. The molecule has 17 heavy (non-hydrogen) atoms. The molecule has 0 radical (unpaired) electrons. The van der Waals surface area contributed by atoms with Gasteiger partial charge in [0.1, 0.15) is 0 Å². The van der Waals surface area contributed by atoms with E-state index >= 15 is 0 Å². The van der Waals surface area contributed by atoms with Crippen LogP contribution in [0.15, 0.2) is 6.20 Å². The quantitative estimate of drug-likeness (QED) is 0.819. The summed E-state index contributed by atoms with van der Waals surface area (Å²) >= 11 is 0. The summed E-state index contributed by atoms with van der Waals surface area (Å²) in [6, 6.07) is 0.375. The van der Waals surface area contributed by atoms with Crippen molar-refractivity contribution in [3.63, 3.8) is 0 Å². The Labute approximate surface area is 104 Å². The van der Waals surface area contributed by atoms with E-state index in [-0.39, 0.29) is 5.54 Å². The van der Waals surface area contributed by atoms with Gasteiger partial charge in [0.25, 0.3) is 0 Å². The second-order valence-electron chi connectivity index (χ2n) is 5.27. The van der Waals surface area contributed by atoms with Gasteiger partial charge in [-0.15, -0.1) is 5.10 Å². The summed E-state index contributed by atoms with van der Waals surface area (Å²) in [6.07, 6.45) is 3.04. The van der Waals surface area contributed by atoms with Gasteiger partial charge in [0, 0.05) is 19.7 Å². The fraction of sp³-hybridized carbons (Fsp3) is 0.833. The van der Waals surface area contributed by atoms with Crippen LogP contribution in [-0.4, -0.2) is 34.8 Å². The summed E-state index contributed by atoms with van der Waals surface area (Å²) in [5.41, 5.74) is 0.955. The molecule has 5 heteroatoms. The average Bonchev–Trinajstić information content (AvgIpc) is 2.72. The summed E-state index contributed by atoms with van der Waals surface area (Å²) in [4.78, 5) is 0. The van der Waals surface area contributed by atoms with Crippen molar-refractivity contribution in [2.75, 3.05) is 13.7 Å². The van der Waals surface area contributed by atoms with E-state index in [1.807, 2.05) is 10.9 Å². The topological polar surface area (TPSA) is 52.0 Å². The Bertz CT molecular complexity index is 329. The van der Waals surface area contributed by atoms with Gasteiger partial charge in [-0.1, -0.05) is 12.1 Å². The minimum Gasteiger partial charge on any atom is -0.383 e. The SMILES string of the molecule is CCC(COC)NCc1cn(C(C)(C)C)nn1. The molecule has 1 rings (SSSR count). The molecule has 1 aromatic rings. The first-order valence-electron chi connectivity index (χ1n) is 6.11. The van der Waals surface area contributed by atoms with E-state index in [1.165, 1.54) is 0 Å². The lowest BCUT2D eigenvalue weighted by Crippen LogP contribution is -2.32. The Kier molecular flexibility index (Phi) is 5.08. The molecule has 0 saturated carbocycles. The largest absolute Gasteiger partial charge is 0.383 e. The zero-order valence-corrected chi connectivity index (χ0v) is 11.5. The third-order valence-corrected chi connectivity index (χ3v) is 2.66. The van der Waals surface area contributed by atoms with Gasteiger partial charge < -0.3 is 10.1 Å². The van der Waals surface area contributed by atoms with E-state index < -0.39 is 0 Å². The monoisotopic (exact) mass is 240 g/mol. The van der Waals surface area contributed by atoms with Crippen molar-refractivity contribution in [3.8, 4) is 0 Å². The zero-order chi connectivity index (χ0) is 12.9. The van der Waals surface area contributed by atoms with Crippen LogP contribution in [0.1, 0.15) is 39.8 Å². The molecule has 5 nitrogen and oxygen atoms in total. The normalized spacial score (nSPS) is 13.9. The summed E-state index contributed by atoms with van der Waals surface area (Å²) in [7, 11) is 1.72. The summed E-state index contributed by atoms with van der Waals surface area (Å²) < 4.78 is 7.03. The Morgan fingerprint density at radius 3 is 2.65 bits per heavy atom. The molecular weight excluding hydrogens is 216 g/mol. The van der Waals surface area contributed by atoms with Crippen LogP contribution in [-0.2, 0) is 16.8 Å². The van der Waals surface area contributed by atoms with Crippen molar-refractivity contribution in [2.24, 2.45) is 0 Å². The number of hydrogen-bond acceptors (Lipinski definition) is 4. The number of hydrogen-bond donors (Lipinski definition) is 1. The predicted molar refractivity (Wildman–Crippen MR) is 67.8 cm³/mol. The first kappa shape index (κ1) is 14.1. The highest BCUT2D eigenvalue weighted by atomic mass is 16.5. The fourth-order valence-corrected chi connectivity index (χ4v) is 1.48. The van der Waals surface area contributed by atoms with Crippen LogP contribution in [0.25, 0.3) is 0 Å². The summed E-state index contributed by atoms with van der Waals surface area (Å²) in [5, 5.41) is 11.7. The van der Waals surface area contributed by atoms with Crippen molar-refractivity contribution in [1.29, 1.82) is 0 Å². The summed E-state index contributed by atoms with van der Waals surface area (Å²) in [6.45, 7) is 9.93. The number of nitrogens with one attached hydrogen (secondary N) is 1. The molecule has 1 N–H and O–H groups in total. The molecule has 1 aromatic heterocycles. The maximum absolute atomic E-state index is 5.14. The maximum Gasteiger partial charge on any atom is 0.0965 e. The average molecular weight is 240 g/mol. The van der Waals surface area contributed by atoms with Gasteiger partial charge in [0.05, 0.1) is 24.0 Å². The molecule has 0 aliphatic rings. The highest BCUT2D eigenvalue weighted by molar-refractivity contribution is 4.94. The van der Waals surface area contributed by atoms with Crippen molar-refractivity contribution < 1.29 is 4.74 Å². The van der Waals surface area contributed by atoms with Crippen LogP contribution in [0.4, 0.5) is 0 Å². The number of rotatable bonds is 6. The summed E-state index contributed by atoms with van der Waals surface area (Å²) in [5.74, 6) is 0. The van der Waals surface area contributed by atoms with Crippen LogP contribution in [0.3, 0.4) is 0 Å². The number of aromatic nitrogens is 3. The number of ether oxygens (including phenoxy) is 1. The van der Waals surface area contributed by atoms with Crippen molar-refractivity contribution in [2.45, 2.75) is 52.2 Å². The third-order valence-electron chi connectivity index (χ3n) is 2.66. The van der Waals surface area contributed by atoms with Gasteiger partial charge >= 0.3 is 0 Å². The molecule has 0 aliphatic heterocycles. The minimum absolute atomic E-state index is 0.0120. The second-order valence-corrected chi connectivity index (χ2v) is 5.27.